The second kappa shape index (κ2) is 6.10. The van der Waals surface area contributed by atoms with Gasteiger partial charge >= 0.3 is 0 Å². The van der Waals surface area contributed by atoms with Gasteiger partial charge in [0, 0.05) is 25.4 Å². The van der Waals surface area contributed by atoms with Crippen molar-refractivity contribution in [3.63, 3.8) is 0 Å². The maximum atomic E-state index is 12.3. The predicted octanol–water partition coefficient (Wildman–Crippen LogP) is 2.64. The van der Waals surface area contributed by atoms with Crippen LogP contribution in [0.25, 0.3) is 11.7 Å². The minimum atomic E-state index is -0.0380. The predicted molar refractivity (Wildman–Crippen MR) is 85.8 cm³/mol. The van der Waals surface area contributed by atoms with Crippen LogP contribution in [-0.4, -0.2) is 45.5 Å². The van der Waals surface area contributed by atoms with Crippen LogP contribution in [0.1, 0.15) is 19.5 Å². The highest BCUT2D eigenvalue weighted by molar-refractivity contribution is 6.31. The van der Waals surface area contributed by atoms with Gasteiger partial charge in [-0.3, -0.25) is 9.20 Å². The zero-order valence-corrected chi connectivity index (χ0v) is 13.3. The number of aromatic nitrogens is 2. The van der Waals surface area contributed by atoms with Gasteiger partial charge in [-0.15, -0.1) is 0 Å². The summed E-state index contributed by atoms with van der Waals surface area (Å²) in [6.07, 6.45) is 5.25. The monoisotopic (exact) mass is 319 g/mol. The fraction of sp³-hybridized carbons (Fsp3) is 0.375. The van der Waals surface area contributed by atoms with Crippen LogP contribution in [0.2, 0.25) is 5.15 Å². The van der Waals surface area contributed by atoms with Crippen molar-refractivity contribution in [2.45, 2.75) is 26.1 Å². The van der Waals surface area contributed by atoms with Crippen molar-refractivity contribution in [1.82, 2.24) is 14.3 Å². The average Bonchev–Trinajstić information content (AvgIpc) is 2.79. The Kier molecular flexibility index (Phi) is 4.18. The number of pyridine rings is 1. The van der Waals surface area contributed by atoms with Crippen molar-refractivity contribution in [3.8, 4) is 0 Å². The van der Waals surface area contributed by atoms with E-state index in [1.54, 1.807) is 17.1 Å². The summed E-state index contributed by atoms with van der Waals surface area (Å²) in [5.41, 5.74) is 1.47. The first-order valence-electron chi connectivity index (χ1n) is 7.29. The molecule has 1 amide bonds. The van der Waals surface area contributed by atoms with E-state index >= 15 is 0 Å². The quantitative estimate of drug-likeness (QED) is 0.799. The van der Waals surface area contributed by atoms with E-state index in [2.05, 4.69) is 4.98 Å². The van der Waals surface area contributed by atoms with Gasteiger partial charge in [-0.2, -0.15) is 0 Å². The number of carbonyl (C=O) groups is 1. The summed E-state index contributed by atoms with van der Waals surface area (Å²) < 4.78 is 7.50. The maximum Gasteiger partial charge on any atom is 0.246 e. The molecule has 2 aromatic rings. The molecule has 3 rings (SSSR count). The molecule has 116 valence electrons. The number of imidazole rings is 1. The smallest absolute Gasteiger partial charge is 0.246 e. The molecule has 22 heavy (non-hydrogen) atoms. The summed E-state index contributed by atoms with van der Waals surface area (Å²) in [6, 6.07) is 5.67. The molecule has 1 fully saturated rings. The summed E-state index contributed by atoms with van der Waals surface area (Å²) in [6.45, 7) is 5.16. The molecule has 0 N–H and O–H groups in total. The topological polar surface area (TPSA) is 46.8 Å². The molecule has 0 aliphatic carbocycles. The van der Waals surface area contributed by atoms with Gasteiger partial charge in [0.15, 0.2) is 5.15 Å². The molecule has 3 heterocycles. The van der Waals surface area contributed by atoms with Crippen molar-refractivity contribution in [2.24, 2.45) is 0 Å². The van der Waals surface area contributed by atoms with E-state index < -0.39 is 0 Å². The van der Waals surface area contributed by atoms with Crippen LogP contribution in [0, 0.1) is 0 Å². The van der Waals surface area contributed by atoms with E-state index in [0.717, 1.165) is 5.65 Å². The fourth-order valence-corrected chi connectivity index (χ4v) is 2.99. The molecular formula is C16H18ClN3O2. The first-order chi connectivity index (χ1) is 10.5. The molecule has 5 nitrogen and oxygen atoms in total. The standard InChI is InChI=1S/C16H18ClN3O2/c1-11-9-19(10-12(2)22-11)15(21)7-6-13-16(17)18-14-5-3-4-8-20(13)14/h3-8,11-12H,9-10H2,1-2H3/b7-6+/t11-,12-/m1/s1. The fourth-order valence-electron chi connectivity index (χ4n) is 2.75. The van der Waals surface area contributed by atoms with E-state index in [-0.39, 0.29) is 18.1 Å². The Morgan fingerprint density at radius 2 is 2.09 bits per heavy atom. The van der Waals surface area contributed by atoms with Gasteiger partial charge in [-0.1, -0.05) is 17.7 Å². The summed E-state index contributed by atoms with van der Waals surface area (Å²) >= 11 is 6.16. The maximum absolute atomic E-state index is 12.3. The number of hydrogen-bond donors (Lipinski definition) is 0. The van der Waals surface area contributed by atoms with Gasteiger partial charge in [0.25, 0.3) is 0 Å². The van der Waals surface area contributed by atoms with E-state index in [9.17, 15) is 4.79 Å². The van der Waals surface area contributed by atoms with Crippen LogP contribution < -0.4 is 0 Å². The molecule has 0 spiro atoms. The number of morpholine rings is 1. The van der Waals surface area contributed by atoms with Gasteiger partial charge in [0.2, 0.25) is 5.91 Å². The lowest BCUT2D eigenvalue weighted by molar-refractivity contribution is -0.137. The summed E-state index contributed by atoms with van der Waals surface area (Å²) in [4.78, 5) is 18.4. The highest BCUT2D eigenvalue weighted by Crippen LogP contribution is 2.19. The van der Waals surface area contributed by atoms with E-state index in [0.29, 0.717) is 23.9 Å². The minimum absolute atomic E-state index is 0.0380. The molecule has 0 radical (unpaired) electrons. The normalized spacial score (nSPS) is 22.6. The van der Waals surface area contributed by atoms with Gasteiger partial charge in [-0.25, -0.2) is 4.98 Å². The Morgan fingerprint density at radius 1 is 1.36 bits per heavy atom. The van der Waals surface area contributed by atoms with Crippen LogP contribution in [0.15, 0.2) is 30.5 Å². The first kappa shape index (κ1) is 15.1. The average molecular weight is 320 g/mol. The lowest BCUT2D eigenvalue weighted by atomic mass is 10.2. The molecule has 1 aliphatic heterocycles. The van der Waals surface area contributed by atoms with Crippen LogP contribution >= 0.6 is 11.6 Å². The number of carbonyl (C=O) groups excluding carboxylic acids is 1. The van der Waals surface area contributed by atoms with Crippen LogP contribution in [0.3, 0.4) is 0 Å². The number of amides is 1. The molecular weight excluding hydrogens is 302 g/mol. The van der Waals surface area contributed by atoms with Crippen molar-refractivity contribution in [3.05, 3.63) is 41.3 Å². The lowest BCUT2D eigenvalue weighted by Gasteiger charge is -2.34. The minimum Gasteiger partial charge on any atom is -0.372 e. The Hall–Kier alpha value is -1.85. The molecule has 0 unspecified atom stereocenters. The Morgan fingerprint density at radius 3 is 2.82 bits per heavy atom. The number of rotatable bonds is 2. The molecule has 6 heteroatoms. The molecule has 1 aliphatic rings. The highest BCUT2D eigenvalue weighted by Gasteiger charge is 2.24. The highest BCUT2D eigenvalue weighted by atomic mass is 35.5. The lowest BCUT2D eigenvalue weighted by Crippen LogP contribution is -2.47. The Labute approximate surface area is 134 Å². The number of fused-ring (bicyclic) bond motifs is 1. The van der Waals surface area contributed by atoms with Crippen molar-refractivity contribution in [1.29, 1.82) is 0 Å². The zero-order chi connectivity index (χ0) is 15.7. The van der Waals surface area contributed by atoms with Crippen LogP contribution in [-0.2, 0) is 9.53 Å². The molecule has 0 bridgehead atoms. The number of ether oxygens (including phenoxy) is 1. The SMILES string of the molecule is C[C@@H]1CN(C(=O)/C=C/c2c(Cl)nc3ccccn23)C[C@@H](C)O1. The van der Waals surface area contributed by atoms with Gasteiger partial charge in [0.1, 0.15) is 5.65 Å². The van der Waals surface area contributed by atoms with Crippen molar-refractivity contribution in [2.75, 3.05) is 13.1 Å². The molecule has 1 saturated heterocycles. The second-order valence-corrected chi connectivity index (χ2v) is 5.91. The van der Waals surface area contributed by atoms with Crippen molar-refractivity contribution >= 4 is 29.2 Å². The third-order valence-electron chi connectivity index (χ3n) is 3.64. The molecule has 2 aromatic heterocycles. The van der Waals surface area contributed by atoms with Crippen LogP contribution in [0.5, 0.6) is 0 Å². The van der Waals surface area contributed by atoms with Gasteiger partial charge in [0.05, 0.1) is 17.9 Å². The van der Waals surface area contributed by atoms with E-state index in [1.807, 2.05) is 42.6 Å². The molecule has 0 saturated carbocycles. The Bertz CT molecular complexity index is 715. The first-order valence-corrected chi connectivity index (χ1v) is 7.67. The van der Waals surface area contributed by atoms with E-state index in [4.69, 9.17) is 16.3 Å². The Balaban J connectivity index is 1.80. The zero-order valence-electron chi connectivity index (χ0n) is 12.6. The van der Waals surface area contributed by atoms with Gasteiger partial charge in [-0.05, 0) is 32.1 Å². The number of hydrogen-bond acceptors (Lipinski definition) is 3. The third kappa shape index (κ3) is 3.00. The second-order valence-electron chi connectivity index (χ2n) is 5.55. The van der Waals surface area contributed by atoms with Crippen LogP contribution in [0.4, 0.5) is 0 Å². The summed E-state index contributed by atoms with van der Waals surface area (Å²) in [5.74, 6) is -0.0380. The third-order valence-corrected chi connectivity index (χ3v) is 3.92. The van der Waals surface area contributed by atoms with Gasteiger partial charge < -0.3 is 9.64 Å². The summed E-state index contributed by atoms with van der Waals surface area (Å²) in [5, 5.41) is 0.388. The van der Waals surface area contributed by atoms with Crippen molar-refractivity contribution < 1.29 is 9.53 Å². The number of nitrogens with zero attached hydrogens (tertiary/aromatic N) is 3. The summed E-state index contributed by atoms with van der Waals surface area (Å²) in [7, 11) is 0. The molecule has 2 atom stereocenters. The number of halogens is 1. The van der Waals surface area contributed by atoms with E-state index in [1.165, 1.54) is 0 Å². The molecule has 0 aromatic carbocycles. The largest absolute Gasteiger partial charge is 0.372 e.